The average Bonchev–Trinajstić information content (AvgIpc) is 2.37. The lowest BCUT2D eigenvalue weighted by molar-refractivity contribution is -0.0940. The lowest BCUT2D eigenvalue weighted by Gasteiger charge is -2.08. The maximum Gasteiger partial charge on any atom is 0.412 e. The Balaban J connectivity index is 0. The van der Waals surface area contributed by atoms with Crippen molar-refractivity contribution in [3.8, 4) is 0 Å². The van der Waals surface area contributed by atoms with Crippen LogP contribution in [0, 0.1) is 0 Å². The number of aliphatic hydroxyl groups is 1. The third-order valence-electron chi connectivity index (χ3n) is 2.12. The van der Waals surface area contributed by atoms with E-state index in [4.69, 9.17) is 5.11 Å². The van der Waals surface area contributed by atoms with Gasteiger partial charge in [0.2, 0.25) is 0 Å². The van der Waals surface area contributed by atoms with Gasteiger partial charge in [0.05, 0.1) is 6.61 Å². The zero-order valence-electron chi connectivity index (χ0n) is 11.6. The zero-order chi connectivity index (χ0) is 17.8. The van der Waals surface area contributed by atoms with E-state index < -0.39 is 30.1 Å². The maximum absolute atomic E-state index is 12.0. The molecule has 0 atom stereocenters. The van der Waals surface area contributed by atoms with E-state index in [2.05, 4.69) is 13.2 Å². The molecule has 0 aromatic carbocycles. The number of aliphatic hydroxyl groups excluding tert-OH is 1. The van der Waals surface area contributed by atoms with Gasteiger partial charge in [0, 0.05) is 15.6 Å². The molecule has 128 valence electrons. The van der Waals surface area contributed by atoms with Gasteiger partial charge in [0.15, 0.2) is 0 Å². The van der Waals surface area contributed by atoms with Crippen molar-refractivity contribution in [2.45, 2.75) is 25.2 Å². The van der Waals surface area contributed by atoms with Crippen molar-refractivity contribution in [2.24, 2.45) is 0 Å². The van der Waals surface area contributed by atoms with Gasteiger partial charge in [-0.25, -0.2) is 0 Å². The van der Waals surface area contributed by atoms with Crippen molar-refractivity contribution in [3.63, 3.8) is 0 Å². The van der Waals surface area contributed by atoms with Crippen LogP contribution in [0.4, 0.5) is 26.3 Å². The molecule has 1 nitrogen and oxygen atoms in total. The summed E-state index contributed by atoms with van der Waals surface area (Å²) in [5, 5.41) is 8.22. The highest BCUT2D eigenvalue weighted by Crippen LogP contribution is 2.28. The predicted octanol–water partition coefficient (Wildman–Crippen LogP) is 5.53. The fourth-order valence-electron chi connectivity index (χ4n) is 1.14. The number of hydrogen-bond acceptors (Lipinski definition) is 1. The molecule has 0 aliphatic rings. The van der Waals surface area contributed by atoms with E-state index in [1.165, 1.54) is 12.2 Å². The van der Waals surface area contributed by atoms with Crippen LogP contribution in [0.5, 0.6) is 0 Å². The third kappa shape index (κ3) is 11.8. The van der Waals surface area contributed by atoms with Crippen LogP contribution in [0.2, 0.25) is 0 Å². The molecular formula is C14H17F6IO. The SMILES string of the molecule is C=CC/C(=C\CI)C(F)(F)F.C=CC/C(=C\CO)C(F)(F)F. The Labute approximate surface area is 139 Å². The number of hydrogen-bond donors (Lipinski definition) is 1. The highest BCUT2D eigenvalue weighted by Gasteiger charge is 2.32. The van der Waals surface area contributed by atoms with E-state index in [0.29, 0.717) is 4.43 Å². The van der Waals surface area contributed by atoms with Crippen molar-refractivity contribution >= 4 is 22.6 Å². The molecular weight excluding hydrogens is 425 g/mol. The Morgan fingerprint density at radius 3 is 1.45 bits per heavy atom. The smallest absolute Gasteiger partial charge is 0.392 e. The van der Waals surface area contributed by atoms with Gasteiger partial charge in [0.1, 0.15) is 0 Å². The van der Waals surface area contributed by atoms with E-state index in [1.807, 2.05) is 22.6 Å². The van der Waals surface area contributed by atoms with Gasteiger partial charge in [-0.1, -0.05) is 46.9 Å². The molecule has 1 N–H and O–H groups in total. The fourth-order valence-corrected chi connectivity index (χ4v) is 1.68. The van der Waals surface area contributed by atoms with Gasteiger partial charge in [-0.15, -0.1) is 13.2 Å². The topological polar surface area (TPSA) is 20.2 Å². The zero-order valence-corrected chi connectivity index (χ0v) is 13.8. The largest absolute Gasteiger partial charge is 0.412 e. The van der Waals surface area contributed by atoms with Gasteiger partial charge in [-0.3, -0.25) is 0 Å². The van der Waals surface area contributed by atoms with Crippen molar-refractivity contribution < 1.29 is 31.4 Å². The van der Waals surface area contributed by atoms with Crippen molar-refractivity contribution in [2.75, 3.05) is 11.0 Å². The van der Waals surface area contributed by atoms with Gasteiger partial charge in [-0.05, 0) is 12.8 Å². The minimum Gasteiger partial charge on any atom is -0.392 e. The maximum atomic E-state index is 12.0. The highest BCUT2D eigenvalue weighted by molar-refractivity contribution is 14.1. The predicted molar refractivity (Wildman–Crippen MR) is 83.9 cm³/mol. The van der Waals surface area contributed by atoms with E-state index in [0.717, 1.165) is 12.2 Å². The van der Waals surface area contributed by atoms with Crippen molar-refractivity contribution in [1.29, 1.82) is 0 Å². The van der Waals surface area contributed by atoms with Gasteiger partial charge in [-0.2, -0.15) is 26.3 Å². The number of alkyl halides is 7. The van der Waals surface area contributed by atoms with E-state index in [9.17, 15) is 26.3 Å². The van der Waals surface area contributed by atoms with Crippen LogP contribution in [-0.4, -0.2) is 28.5 Å². The second-order valence-electron chi connectivity index (χ2n) is 3.78. The fraction of sp³-hybridized carbons (Fsp3) is 0.429. The Bertz CT molecular complexity index is 355. The van der Waals surface area contributed by atoms with Crippen molar-refractivity contribution in [3.05, 3.63) is 48.6 Å². The first-order valence-electron chi connectivity index (χ1n) is 5.95. The minimum atomic E-state index is -4.35. The van der Waals surface area contributed by atoms with Crippen LogP contribution in [0.15, 0.2) is 48.6 Å². The van der Waals surface area contributed by atoms with Gasteiger partial charge in [0.25, 0.3) is 0 Å². The third-order valence-corrected chi connectivity index (χ3v) is 2.56. The number of allylic oxidation sites excluding steroid dienone is 5. The molecule has 0 rings (SSSR count). The van der Waals surface area contributed by atoms with Crippen LogP contribution in [0.3, 0.4) is 0 Å². The highest BCUT2D eigenvalue weighted by atomic mass is 127. The molecule has 0 aliphatic carbocycles. The van der Waals surface area contributed by atoms with Crippen LogP contribution in [-0.2, 0) is 0 Å². The summed E-state index contributed by atoms with van der Waals surface area (Å²) in [6.07, 6.45) is -4.60. The van der Waals surface area contributed by atoms with Crippen LogP contribution < -0.4 is 0 Å². The molecule has 0 aliphatic heterocycles. The normalized spacial score (nSPS) is 13.3. The summed E-state index contributed by atoms with van der Waals surface area (Å²) < 4.78 is 71.9. The van der Waals surface area contributed by atoms with Crippen LogP contribution in [0.1, 0.15) is 12.8 Å². The second-order valence-corrected chi connectivity index (χ2v) is 4.66. The Kier molecular flexibility index (Phi) is 12.6. The minimum absolute atomic E-state index is 0.105. The van der Waals surface area contributed by atoms with Gasteiger partial charge < -0.3 is 5.11 Å². The van der Waals surface area contributed by atoms with Gasteiger partial charge >= 0.3 is 12.4 Å². The van der Waals surface area contributed by atoms with Crippen molar-refractivity contribution in [1.82, 2.24) is 0 Å². The first kappa shape index (κ1) is 23.5. The van der Waals surface area contributed by atoms with Crippen LogP contribution in [0.25, 0.3) is 0 Å². The lowest BCUT2D eigenvalue weighted by atomic mass is 10.2. The molecule has 0 heterocycles. The Hall–Kier alpha value is -0.770. The number of rotatable bonds is 6. The molecule has 0 bridgehead atoms. The quantitative estimate of drug-likeness (QED) is 0.248. The molecule has 0 radical (unpaired) electrons. The molecule has 0 fully saturated rings. The standard InChI is InChI=1S/C7H8F3I.C7H9F3O/c2*1-2-3-6(4-5-11)7(8,9)10/h2,4H,1,3,5H2;2,4,11H,1,3,5H2/b2*6-4+. The molecule has 22 heavy (non-hydrogen) atoms. The van der Waals surface area contributed by atoms with E-state index in [-0.39, 0.29) is 12.8 Å². The lowest BCUT2D eigenvalue weighted by Crippen LogP contribution is -2.11. The summed E-state index contributed by atoms with van der Waals surface area (Å²) in [6, 6.07) is 0. The number of halogens is 7. The second kappa shape index (κ2) is 11.8. The Morgan fingerprint density at radius 2 is 1.23 bits per heavy atom. The average molecular weight is 442 g/mol. The molecule has 0 saturated heterocycles. The van der Waals surface area contributed by atoms with E-state index in [1.54, 1.807) is 0 Å². The molecule has 0 unspecified atom stereocenters. The first-order chi connectivity index (χ1) is 10.0. The summed E-state index contributed by atoms with van der Waals surface area (Å²) in [7, 11) is 0. The molecule has 8 heteroatoms. The summed E-state index contributed by atoms with van der Waals surface area (Å²) in [5.41, 5.74) is -1.27. The molecule has 0 spiro atoms. The summed E-state index contributed by atoms with van der Waals surface area (Å²) in [5.74, 6) is 0. The first-order valence-corrected chi connectivity index (χ1v) is 7.48. The Morgan fingerprint density at radius 1 is 0.864 bits per heavy atom. The molecule has 0 saturated carbocycles. The van der Waals surface area contributed by atoms with E-state index >= 15 is 0 Å². The summed E-state index contributed by atoms with van der Waals surface area (Å²) >= 11 is 1.87. The van der Waals surface area contributed by atoms with Crippen LogP contribution >= 0.6 is 22.6 Å². The summed E-state index contributed by atoms with van der Waals surface area (Å²) in [6.45, 7) is 5.83. The summed E-state index contributed by atoms with van der Waals surface area (Å²) in [4.78, 5) is 0. The monoisotopic (exact) mass is 442 g/mol. The molecule has 0 aromatic heterocycles. The molecule has 0 aromatic rings. The molecule has 0 amide bonds.